The number of rotatable bonds is 4. The van der Waals surface area contributed by atoms with Crippen LogP contribution >= 0.6 is 23.1 Å². The van der Waals surface area contributed by atoms with Gasteiger partial charge in [-0.15, -0.1) is 11.3 Å². The van der Waals surface area contributed by atoms with Crippen LogP contribution in [-0.4, -0.2) is 9.97 Å². The lowest BCUT2D eigenvalue weighted by atomic mass is 9.67. The number of hydrogen-bond acceptors (Lipinski definition) is 4. The zero-order chi connectivity index (χ0) is 34.9. The van der Waals surface area contributed by atoms with Crippen LogP contribution < -0.4 is 0 Å². The van der Waals surface area contributed by atoms with E-state index in [1.165, 1.54) is 64.4 Å². The molecule has 2 aliphatic rings. The topological polar surface area (TPSA) is 25.8 Å². The molecule has 0 saturated carbocycles. The first-order valence-corrected chi connectivity index (χ1v) is 19.6. The lowest BCUT2D eigenvalue weighted by Crippen LogP contribution is -2.32. The van der Waals surface area contributed by atoms with Gasteiger partial charge in [0.25, 0.3) is 0 Å². The number of nitrogens with zero attached hydrogens (tertiary/aromatic N) is 2. The Balaban J connectivity index is 1.07. The van der Waals surface area contributed by atoms with E-state index in [1.54, 1.807) is 0 Å². The lowest BCUT2D eigenvalue weighted by Gasteiger charge is -2.40. The predicted molar refractivity (Wildman–Crippen MR) is 221 cm³/mol. The third-order valence-corrected chi connectivity index (χ3v) is 13.0. The molecule has 9 aromatic rings. The molecule has 0 radical (unpaired) electrons. The van der Waals surface area contributed by atoms with E-state index < -0.39 is 5.41 Å². The van der Waals surface area contributed by atoms with Gasteiger partial charge in [0, 0.05) is 36.7 Å². The van der Waals surface area contributed by atoms with Crippen LogP contribution in [0, 0.1) is 0 Å². The number of hydrogen-bond donors (Lipinski definition) is 0. The van der Waals surface area contributed by atoms with Crippen molar-refractivity contribution in [3.05, 3.63) is 204 Å². The number of thiophene rings is 1. The zero-order valence-corrected chi connectivity index (χ0v) is 30.2. The van der Waals surface area contributed by atoms with Gasteiger partial charge in [0.15, 0.2) is 5.82 Å². The van der Waals surface area contributed by atoms with Crippen molar-refractivity contribution in [2.45, 2.75) is 15.2 Å². The van der Waals surface area contributed by atoms with E-state index in [0.29, 0.717) is 0 Å². The summed E-state index contributed by atoms with van der Waals surface area (Å²) in [5.74, 6) is 0.723. The fraction of sp³-hybridized carbons (Fsp3) is 0.0204. The maximum atomic E-state index is 5.08. The van der Waals surface area contributed by atoms with Crippen LogP contribution in [0.2, 0.25) is 0 Å². The average Bonchev–Trinajstić information content (AvgIpc) is 3.83. The summed E-state index contributed by atoms with van der Waals surface area (Å²) in [6, 6.07) is 63.8. The number of benzene rings is 7. The van der Waals surface area contributed by atoms with Gasteiger partial charge < -0.3 is 0 Å². The fourth-order valence-electron chi connectivity index (χ4n) is 8.49. The van der Waals surface area contributed by atoms with E-state index in [9.17, 15) is 0 Å². The molecule has 4 heteroatoms. The van der Waals surface area contributed by atoms with Crippen LogP contribution in [0.1, 0.15) is 22.3 Å². The highest BCUT2D eigenvalue weighted by atomic mass is 32.2. The summed E-state index contributed by atoms with van der Waals surface area (Å²) in [6.07, 6.45) is 0. The van der Waals surface area contributed by atoms with Crippen molar-refractivity contribution in [2.75, 3.05) is 0 Å². The molecule has 7 aromatic carbocycles. The molecule has 11 rings (SSSR count). The largest absolute Gasteiger partial charge is 0.228 e. The van der Waals surface area contributed by atoms with Gasteiger partial charge in [0.1, 0.15) is 0 Å². The van der Waals surface area contributed by atoms with Crippen molar-refractivity contribution in [1.82, 2.24) is 9.97 Å². The molecule has 0 bridgehead atoms. The second-order valence-electron chi connectivity index (χ2n) is 13.7. The lowest BCUT2D eigenvalue weighted by molar-refractivity contribution is 0.723. The molecule has 2 aromatic heterocycles. The Bertz CT molecular complexity index is 2800. The smallest absolute Gasteiger partial charge is 0.160 e. The first kappa shape index (κ1) is 30.5. The van der Waals surface area contributed by atoms with Crippen LogP contribution in [0.25, 0.3) is 66.2 Å². The Morgan fingerprint density at radius 2 is 1.04 bits per heavy atom. The molecule has 0 saturated heterocycles. The minimum absolute atomic E-state index is 0.417. The summed E-state index contributed by atoms with van der Waals surface area (Å²) >= 11 is 3.74. The maximum Gasteiger partial charge on any atom is 0.160 e. The maximum absolute atomic E-state index is 5.08. The molecule has 0 N–H and O–H groups in total. The molecular formula is C49H30N2S2. The zero-order valence-electron chi connectivity index (χ0n) is 28.5. The van der Waals surface area contributed by atoms with Gasteiger partial charge in [0.05, 0.1) is 16.8 Å². The van der Waals surface area contributed by atoms with Crippen molar-refractivity contribution >= 4 is 33.2 Å². The van der Waals surface area contributed by atoms with E-state index in [-0.39, 0.29) is 0 Å². The fourth-order valence-corrected chi connectivity index (χ4v) is 10.6. The van der Waals surface area contributed by atoms with Gasteiger partial charge in [-0.2, -0.15) is 0 Å². The Labute approximate surface area is 316 Å². The molecule has 1 aliphatic heterocycles. The molecule has 1 spiro atoms. The van der Waals surface area contributed by atoms with Crippen LogP contribution in [-0.2, 0) is 5.41 Å². The van der Waals surface area contributed by atoms with Gasteiger partial charge in [0.2, 0.25) is 0 Å². The van der Waals surface area contributed by atoms with Crippen LogP contribution in [0.5, 0.6) is 0 Å². The molecule has 0 fully saturated rings. The van der Waals surface area contributed by atoms with Gasteiger partial charge in [-0.05, 0) is 80.0 Å². The Hall–Kier alpha value is -6.07. The Morgan fingerprint density at radius 3 is 1.83 bits per heavy atom. The first-order valence-electron chi connectivity index (χ1n) is 17.9. The Morgan fingerprint density at radius 1 is 0.415 bits per heavy atom. The summed E-state index contributed by atoms with van der Waals surface area (Å²) in [5.41, 5.74) is 15.1. The highest BCUT2D eigenvalue weighted by molar-refractivity contribution is 7.99. The second-order valence-corrected chi connectivity index (χ2v) is 15.7. The molecule has 1 atom stereocenters. The molecule has 248 valence electrons. The number of aromatic nitrogens is 2. The van der Waals surface area contributed by atoms with E-state index in [4.69, 9.17) is 9.97 Å². The van der Waals surface area contributed by atoms with Gasteiger partial charge in [-0.1, -0.05) is 157 Å². The monoisotopic (exact) mass is 710 g/mol. The standard InChI is InChI=1S/C49H30N2S2/c1-3-11-32(12-4-1)42-30-43(51-48(50-42)35-13-5-2-6-14-35)33-21-19-31(20-22-33)36-24-26-45-41(29-36)49(39-17-9-10-18-44(39)53-45)38-16-8-7-15-37(38)46-40(49)25-23-34-27-28-52-47(34)46/h1-30H. The normalized spacial score (nSPS) is 15.2. The Kier molecular flexibility index (Phi) is 6.91. The molecule has 1 aliphatic carbocycles. The third-order valence-electron chi connectivity index (χ3n) is 10.9. The predicted octanol–water partition coefficient (Wildman–Crippen LogP) is 13.2. The first-order chi connectivity index (χ1) is 26.3. The van der Waals surface area contributed by atoms with Crippen molar-refractivity contribution in [1.29, 1.82) is 0 Å². The molecular weight excluding hydrogens is 681 g/mol. The van der Waals surface area contributed by atoms with Crippen molar-refractivity contribution in [3.63, 3.8) is 0 Å². The number of fused-ring (bicyclic) bond motifs is 11. The highest BCUT2D eigenvalue weighted by Crippen LogP contribution is 2.63. The summed E-state index contributed by atoms with van der Waals surface area (Å²) in [5, 5.41) is 3.54. The van der Waals surface area contributed by atoms with Crippen molar-refractivity contribution in [2.24, 2.45) is 0 Å². The quantitative estimate of drug-likeness (QED) is 0.182. The highest BCUT2D eigenvalue weighted by Gasteiger charge is 2.50. The van der Waals surface area contributed by atoms with Crippen molar-refractivity contribution in [3.8, 4) is 56.2 Å². The van der Waals surface area contributed by atoms with E-state index in [1.807, 2.05) is 47.4 Å². The van der Waals surface area contributed by atoms with Crippen LogP contribution in [0.3, 0.4) is 0 Å². The summed E-state index contributed by atoms with van der Waals surface area (Å²) < 4.78 is 1.37. The molecule has 1 unspecified atom stereocenters. The SMILES string of the molecule is c1ccc(-c2cc(-c3ccc(-c4ccc5c(c4)C4(c6ccccc6S5)c5ccccc5-c5c4ccc4ccsc54)cc3)nc(-c3ccccc3)n2)cc1. The average molecular weight is 711 g/mol. The van der Waals surface area contributed by atoms with Gasteiger partial charge in [-0.25, -0.2) is 9.97 Å². The van der Waals surface area contributed by atoms with E-state index in [0.717, 1.165) is 33.9 Å². The molecule has 3 heterocycles. The minimum Gasteiger partial charge on any atom is -0.228 e. The van der Waals surface area contributed by atoms with Gasteiger partial charge >= 0.3 is 0 Å². The third kappa shape index (κ3) is 4.66. The van der Waals surface area contributed by atoms with Crippen LogP contribution in [0.15, 0.2) is 191 Å². The minimum atomic E-state index is -0.417. The summed E-state index contributed by atoms with van der Waals surface area (Å²) in [4.78, 5) is 12.7. The van der Waals surface area contributed by atoms with E-state index in [2.05, 4.69) is 157 Å². The second kappa shape index (κ2) is 12.0. The summed E-state index contributed by atoms with van der Waals surface area (Å²) in [6.45, 7) is 0. The van der Waals surface area contributed by atoms with Crippen LogP contribution in [0.4, 0.5) is 0 Å². The van der Waals surface area contributed by atoms with E-state index >= 15 is 0 Å². The molecule has 2 nitrogen and oxygen atoms in total. The van der Waals surface area contributed by atoms with Gasteiger partial charge in [-0.3, -0.25) is 0 Å². The summed E-state index contributed by atoms with van der Waals surface area (Å²) in [7, 11) is 0. The van der Waals surface area contributed by atoms with Crippen molar-refractivity contribution < 1.29 is 0 Å². The molecule has 0 amide bonds. The molecule has 53 heavy (non-hydrogen) atoms.